The molecule has 2 rings (SSSR count). The van der Waals surface area contributed by atoms with Crippen LogP contribution in [0.1, 0.15) is 5.56 Å². The molecule has 0 atom stereocenters. The number of methoxy groups -OCH3 is 1. The van der Waals surface area contributed by atoms with E-state index in [-0.39, 0.29) is 0 Å². The number of benzene rings is 1. The van der Waals surface area contributed by atoms with Crippen molar-refractivity contribution >= 4 is 22.2 Å². The lowest BCUT2D eigenvalue weighted by molar-refractivity contribution is 0.415. The van der Waals surface area contributed by atoms with E-state index in [1.165, 1.54) is 11.1 Å². The second-order valence-electron chi connectivity index (χ2n) is 8.03. The molecule has 0 aromatic heterocycles. The van der Waals surface area contributed by atoms with E-state index in [9.17, 15) is 0 Å². The fraction of sp³-hybridized carbons (Fsp3) is 0.368. The Morgan fingerprint density at radius 3 is 1.86 bits per heavy atom. The van der Waals surface area contributed by atoms with Crippen molar-refractivity contribution < 1.29 is 4.74 Å². The molecule has 0 aliphatic heterocycles. The van der Waals surface area contributed by atoms with Gasteiger partial charge in [-0.15, -0.1) is 0 Å². The van der Waals surface area contributed by atoms with Crippen molar-refractivity contribution in [1.82, 2.24) is 0 Å². The second kappa shape index (κ2) is 6.05. The Balaban J connectivity index is 2.44. The first-order valence-corrected chi connectivity index (χ1v) is 14.9. The molecule has 1 aliphatic rings. The Labute approximate surface area is 137 Å². The summed E-state index contributed by atoms with van der Waals surface area (Å²) in [7, 11) is -0.906. The molecule has 3 heteroatoms. The van der Waals surface area contributed by atoms with Gasteiger partial charge in [0.25, 0.3) is 0 Å². The molecule has 1 aromatic rings. The molecule has 0 saturated heterocycles. The molecule has 118 valence electrons. The van der Waals surface area contributed by atoms with E-state index in [0.29, 0.717) is 0 Å². The number of allylic oxidation sites excluding steroid dienone is 5. The van der Waals surface area contributed by atoms with E-state index < -0.39 is 16.1 Å². The van der Waals surface area contributed by atoms with Gasteiger partial charge in [-0.1, -0.05) is 74.0 Å². The molecule has 0 amide bonds. The van der Waals surface area contributed by atoms with E-state index in [4.69, 9.17) is 4.74 Å². The first-order chi connectivity index (χ1) is 10.1. The van der Waals surface area contributed by atoms with Gasteiger partial charge in [0, 0.05) is 0 Å². The monoisotopic (exact) mass is 328 g/mol. The summed E-state index contributed by atoms with van der Waals surface area (Å²) in [5.74, 6) is 0.910. The van der Waals surface area contributed by atoms with Crippen LogP contribution in [0.3, 0.4) is 0 Å². The van der Waals surface area contributed by atoms with Crippen LogP contribution < -0.4 is 4.74 Å². The van der Waals surface area contributed by atoms with Crippen LogP contribution in [0.15, 0.2) is 52.4 Å². The van der Waals surface area contributed by atoms with Gasteiger partial charge in [-0.3, -0.25) is 0 Å². The third-order valence-corrected chi connectivity index (χ3v) is 8.10. The summed E-state index contributed by atoms with van der Waals surface area (Å²) in [5, 5.41) is 3.16. The summed E-state index contributed by atoms with van der Waals surface area (Å²) < 4.78 is 5.24. The zero-order valence-corrected chi connectivity index (χ0v) is 16.9. The Bertz CT molecular complexity index is 635. The predicted molar refractivity (Wildman–Crippen MR) is 104 cm³/mol. The van der Waals surface area contributed by atoms with Gasteiger partial charge in [-0.2, -0.15) is 0 Å². The molecule has 0 fully saturated rings. The summed E-state index contributed by atoms with van der Waals surface area (Å²) in [5.41, 5.74) is 2.66. The smallest absolute Gasteiger partial charge is 0.118 e. The summed E-state index contributed by atoms with van der Waals surface area (Å²) in [4.78, 5) is 0. The Morgan fingerprint density at radius 1 is 0.818 bits per heavy atom. The molecule has 0 unspecified atom stereocenters. The lowest BCUT2D eigenvalue weighted by atomic mass is 10.1. The van der Waals surface area contributed by atoms with Crippen LogP contribution in [0.4, 0.5) is 0 Å². The maximum absolute atomic E-state index is 5.24. The predicted octanol–water partition coefficient (Wildman–Crippen LogP) is 5.70. The fourth-order valence-electron chi connectivity index (χ4n) is 2.61. The Hall–Kier alpha value is -1.33. The highest BCUT2D eigenvalue weighted by atomic mass is 28.3. The van der Waals surface area contributed by atoms with Crippen LogP contribution in [0.5, 0.6) is 5.75 Å². The molecule has 1 aliphatic carbocycles. The van der Waals surface area contributed by atoms with Gasteiger partial charge in [0.15, 0.2) is 0 Å². The molecule has 0 radical (unpaired) electrons. The highest BCUT2D eigenvalue weighted by Crippen LogP contribution is 2.36. The van der Waals surface area contributed by atoms with Crippen LogP contribution in [0.2, 0.25) is 39.3 Å². The SMILES string of the molecule is COc1ccc(/C=C2\C=C([Si](C)(C)C)C=C2[Si](C)(C)C)cc1. The Kier molecular flexibility index (Phi) is 4.68. The van der Waals surface area contributed by atoms with Crippen molar-refractivity contribution in [2.75, 3.05) is 7.11 Å². The number of ether oxygens (including phenoxy) is 1. The minimum Gasteiger partial charge on any atom is -0.497 e. The van der Waals surface area contributed by atoms with E-state index in [1.807, 2.05) is 12.1 Å². The van der Waals surface area contributed by atoms with Crippen molar-refractivity contribution in [3.05, 3.63) is 57.9 Å². The molecule has 1 nitrogen and oxygen atoms in total. The molecule has 0 spiro atoms. The van der Waals surface area contributed by atoms with Crippen molar-refractivity contribution in [3.8, 4) is 5.75 Å². The van der Waals surface area contributed by atoms with Crippen molar-refractivity contribution in [2.45, 2.75) is 39.3 Å². The average Bonchev–Trinajstić information content (AvgIpc) is 2.83. The summed E-state index contributed by atoms with van der Waals surface area (Å²) in [6, 6.07) is 8.33. The number of rotatable bonds is 4. The van der Waals surface area contributed by atoms with Gasteiger partial charge >= 0.3 is 0 Å². The van der Waals surface area contributed by atoms with Gasteiger partial charge < -0.3 is 4.74 Å². The van der Waals surface area contributed by atoms with Gasteiger partial charge in [0.05, 0.1) is 23.3 Å². The maximum Gasteiger partial charge on any atom is 0.118 e. The van der Waals surface area contributed by atoms with Crippen molar-refractivity contribution in [2.24, 2.45) is 0 Å². The van der Waals surface area contributed by atoms with Gasteiger partial charge in [0.2, 0.25) is 0 Å². The maximum atomic E-state index is 5.24. The normalized spacial score (nSPS) is 17.5. The zero-order chi connectivity index (χ0) is 16.5. The molecule has 0 N–H and O–H groups in total. The summed E-state index contributed by atoms with van der Waals surface area (Å²) in [6.45, 7) is 14.6. The largest absolute Gasteiger partial charge is 0.497 e. The molecule has 0 bridgehead atoms. The van der Waals surface area contributed by atoms with E-state index in [0.717, 1.165) is 5.75 Å². The van der Waals surface area contributed by atoms with Crippen molar-refractivity contribution in [1.29, 1.82) is 0 Å². The van der Waals surface area contributed by atoms with Gasteiger partial charge in [0.1, 0.15) is 5.75 Å². The minimum atomic E-state index is -1.34. The second-order valence-corrected chi connectivity index (χ2v) is 18.1. The standard InChI is InChI=1S/C19H28OSi2/c1-20-17-10-8-15(9-11-17)12-16-13-18(21(2,3)4)14-19(16)22(5,6)7/h8-14H,1-7H3/b16-12+. The number of hydrogen-bond donors (Lipinski definition) is 0. The van der Waals surface area contributed by atoms with Crippen LogP contribution in [0.25, 0.3) is 6.08 Å². The fourth-order valence-corrected chi connectivity index (χ4v) is 5.52. The first kappa shape index (κ1) is 17.0. The molecule has 0 heterocycles. The molecule has 1 aromatic carbocycles. The summed E-state index contributed by atoms with van der Waals surface area (Å²) >= 11 is 0. The molecular weight excluding hydrogens is 300 g/mol. The van der Waals surface area contributed by atoms with Crippen LogP contribution in [-0.2, 0) is 0 Å². The lowest BCUT2D eigenvalue weighted by Crippen LogP contribution is -2.25. The molecular formula is C19H28OSi2. The van der Waals surface area contributed by atoms with Gasteiger partial charge in [-0.05, 0) is 29.3 Å². The Morgan fingerprint density at radius 2 is 1.41 bits per heavy atom. The molecule has 0 saturated carbocycles. The van der Waals surface area contributed by atoms with Crippen molar-refractivity contribution in [3.63, 3.8) is 0 Å². The quantitative estimate of drug-likeness (QED) is 0.644. The van der Waals surface area contributed by atoms with Crippen LogP contribution >= 0.6 is 0 Å². The van der Waals surface area contributed by atoms with E-state index >= 15 is 0 Å². The van der Waals surface area contributed by atoms with Gasteiger partial charge in [-0.25, -0.2) is 0 Å². The van der Waals surface area contributed by atoms with E-state index in [1.54, 1.807) is 17.5 Å². The summed E-state index contributed by atoms with van der Waals surface area (Å²) in [6.07, 6.45) is 7.26. The van der Waals surface area contributed by atoms with Crippen LogP contribution in [-0.4, -0.2) is 23.3 Å². The highest BCUT2D eigenvalue weighted by molar-refractivity contribution is 6.87. The number of hydrogen-bond acceptors (Lipinski definition) is 1. The molecule has 22 heavy (non-hydrogen) atoms. The average molecular weight is 329 g/mol. The third-order valence-electron chi connectivity index (χ3n) is 4.03. The third kappa shape index (κ3) is 3.90. The highest BCUT2D eigenvalue weighted by Gasteiger charge is 2.29. The van der Waals surface area contributed by atoms with Crippen LogP contribution in [0, 0.1) is 0 Å². The zero-order valence-electron chi connectivity index (χ0n) is 14.9. The van der Waals surface area contributed by atoms with E-state index in [2.05, 4.69) is 69.6 Å². The minimum absolute atomic E-state index is 0.910. The first-order valence-electron chi connectivity index (χ1n) is 7.92. The lowest BCUT2D eigenvalue weighted by Gasteiger charge is -2.20. The topological polar surface area (TPSA) is 9.23 Å².